The van der Waals surface area contributed by atoms with Gasteiger partial charge < -0.3 is 10.7 Å². The van der Waals surface area contributed by atoms with E-state index in [1.807, 2.05) is 0 Å². The number of nitrogens with one attached hydrogen (secondary N) is 2. The van der Waals surface area contributed by atoms with Gasteiger partial charge in [0.1, 0.15) is 5.69 Å². The van der Waals surface area contributed by atoms with Crippen LogP contribution in [0.5, 0.6) is 0 Å². The lowest BCUT2D eigenvalue weighted by Crippen LogP contribution is -2.38. The quantitative estimate of drug-likeness (QED) is 0.553. The maximum atomic E-state index is 12.6. The molecular formula is C12H11F3N4O. The molecule has 1 aromatic heterocycles. The summed E-state index contributed by atoms with van der Waals surface area (Å²) in [6.45, 7) is 0. The molecule has 2 aromatic rings. The molecule has 0 spiro atoms. The fourth-order valence-electron chi connectivity index (χ4n) is 1.71. The smallest absolute Gasteiger partial charge is 0.370 e. The van der Waals surface area contributed by atoms with E-state index in [1.54, 1.807) is 0 Å². The first kappa shape index (κ1) is 13.9. The molecule has 106 valence electrons. The van der Waals surface area contributed by atoms with Crippen LogP contribution in [0.25, 0.3) is 10.9 Å². The lowest BCUT2D eigenvalue weighted by atomic mass is 10.1. The third-order valence-corrected chi connectivity index (χ3v) is 2.85. The summed E-state index contributed by atoms with van der Waals surface area (Å²) in [5, 5.41) is 7.62. The van der Waals surface area contributed by atoms with E-state index in [0.717, 1.165) is 17.0 Å². The zero-order valence-electron chi connectivity index (χ0n) is 10.4. The van der Waals surface area contributed by atoms with Crippen molar-refractivity contribution in [3.63, 3.8) is 0 Å². The van der Waals surface area contributed by atoms with Crippen molar-refractivity contribution in [2.75, 3.05) is 7.05 Å². The van der Waals surface area contributed by atoms with Crippen molar-refractivity contribution < 1.29 is 18.0 Å². The van der Waals surface area contributed by atoms with Gasteiger partial charge in [-0.3, -0.25) is 15.1 Å². The summed E-state index contributed by atoms with van der Waals surface area (Å²) >= 11 is 0. The first-order valence-corrected chi connectivity index (χ1v) is 5.52. The normalized spacial score (nSPS) is 11.6. The van der Waals surface area contributed by atoms with Crippen LogP contribution in [-0.2, 0) is 6.18 Å². The Balaban J connectivity index is 2.44. The summed E-state index contributed by atoms with van der Waals surface area (Å²) < 4.78 is 37.7. The minimum Gasteiger partial charge on any atom is -0.370 e. The maximum Gasteiger partial charge on any atom is 0.416 e. The van der Waals surface area contributed by atoms with Gasteiger partial charge in [0.25, 0.3) is 5.91 Å². The van der Waals surface area contributed by atoms with Gasteiger partial charge in [-0.25, -0.2) is 0 Å². The second-order valence-corrected chi connectivity index (χ2v) is 4.23. The van der Waals surface area contributed by atoms with Crippen LogP contribution in [0.3, 0.4) is 0 Å². The fraction of sp³-hybridized carbons (Fsp3) is 0.167. The van der Waals surface area contributed by atoms with E-state index >= 15 is 0 Å². The van der Waals surface area contributed by atoms with E-state index in [4.69, 9.17) is 11.1 Å². The molecular weight excluding hydrogens is 273 g/mol. The highest BCUT2D eigenvalue weighted by Gasteiger charge is 2.30. The molecule has 0 unspecified atom stereocenters. The first-order chi connectivity index (χ1) is 9.20. The zero-order valence-corrected chi connectivity index (χ0v) is 10.4. The Morgan fingerprint density at radius 3 is 2.55 bits per heavy atom. The molecule has 20 heavy (non-hydrogen) atoms. The second kappa shape index (κ2) is 4.55. The molecule has 2 rings (SSSR count). The van der Waals surface area contributed by atoms with Gasteiger partial charge in [-0.15, -0.1) is 0 Å². The molecule has 0 saturated heterocycles. The molecule has 0 radical (unpaired) electrons. The van der Waals surface area contributed by atoms with Gasteiger partial charge in [0, 0.05) is 18.0 Å². The average Bonchev–Trinajstić information content (AvgIpc) is 2.78. The van der Waals surface area contributed by atoms with Crippen LogP contribution in [0.1, 0.15) is 16.1 Å². The van der Waals surface area contributed by atoms with Gasteiger partial charge in [-0.2, -0.15) is 13.2 Å². The van der Waals surface area contributed by atoms with Crippen LogP contribution in [0.4, 0.5) is 13.2 Å². The fourth-order valence-corrected chi connectivity index (χ4v) is 1.71. The van der Waals surface area contributed by atoms with E-state index < -0.39 is 23.6 Å². The number of fused-ring (bicyclic) bond motifs is 1. The molecule has 4 N–H and O–H groups in total. The third kappa shape index (κ3) is 2.44. The summed E-state index contributed by atoms with van der Waals surface area (Å²) in [6, 6.07) is 4.56. The number of rotatable bonds is 1. The van der Waals surface area contributed by atoms with E-state index in [2.05, 4.69) is 4.98 Å². The van der Waals surface area contributed by atoms with Crippen LogP contribution in [0.15, 0.2) is 24.3 Å². The largest absolute Gasteiger partial charge is 0.416 e. The number of nitrogens with zero attached hydrogens (tertiary/aromatic N) is 1. The van der Waals surface area contributed by atoms with E-state index in [0.29, 0.717) is 5.39 Å². The van der Waals surface area contributed by atoms with Crippen molar-refractivity contribution in [3.05, 3.63) is 35.5 Å². The van der Waals surface area contributed by atoms with Gasteiger partial charge in [0.05, 0.1) is 5.56 Å². The van der Waals surface area contributed by atoms with Gasteiger partial charge >= 0.3 is 6.18 Å². The number of guanidine groups is 1. The molecule has 0 bridgehead atoms. The van der Waals surface area contributed by atoms with Crippen LogP contribution >= 0.6 is 0 Å². The van der Waals surface area contributed by atoms with Gasteiger partial charge in [0.15, 0.2) is 5.96 Å². The number of carbonyl (C=O) groups is 1. The summed E-state index contributed by atoms with van der Waals surface area (Å²) in [4.78, 5) is 15.4. The molecule has 1 amide bonds. The maximum absolute atomic E-state index is 12.6. The standard InChI is InChI=1S/C12H11F3N4O/c1-19(11(16)17)10(20)9-4-6-2-3-7(12(13,14)15)5-8(6)18-9/h2-5,18H,1H3,(H3,16,17). The Morgan fingerprint density at radius 1 is 1.35 bits per heavy atom. The summed E-state index contributed by atoms with van der Waals surface area (Å²) in [5.41, 5.74) is 4.64. The number of nitrogens with two attached hydrogens (primary N) is 1. The van der Waals surface area contributed by atoms with E-state index in [9.17, 15) is 18.0 Å². The summed E-state index contributed by atoms with van der Waals surface area (Å²) in [5.74, 6) is -1.05. The molecule has 5 nitrogen and oxygen atoms in total. The lowest BCUT2D eigenvalue weighted by Gasteiger charge is -2.12. The molecule has 0 atom stereocenters. The Bertz CT molecular complexity index is 690. The zero-order chi connectivity index (χ0) is 15.1. The number of carbonyl (C=O) groups excluding carboxylic acids is 1. The molecule has 0 aliphatic heterocycles. The predicted molar refractivity (Wildman–Crippen MR) is 67.3 cm³/mol. The second-order valence-electron chi connectivity index (χ2n) is 4.23. The molecule has 0 aliphatic carbocycles. The Hall–Kier alpha value is -2.51. The van der Waals surface area contributed by atoms with Gasteiger partial charge in [-0.05, 0) is 18.2 Å². The van der Waals surface area contributed by atoms with Gasteiger partial charge in [-0.1, -0.05) is 6.07 Å². The number of hydrogen-bond donors (Lipinski definition) is 3. The highest BCUT2D eigenvalue weighted by molar-refractivity contribution is 6.05. The van der Waals surface area contributed by atoms with Crippen molar-refractivity contribution in [1.29, 1.82) is 5.41 Å². The average molecular weight is 284 g/mol. The number of hydrogen-bond acceptors (Lipinski definition) is 2. The summed E-state index contributed by atoms with van der Waals surface area (Å²) in [6.07, 6.45) is -4.44. The minimum absolute atomic E-state index is 0.0667. The van der Waals surface area contributed by atoms with Crippen LogP contribution in [-0.4, -0.2) is 28.8 Å². The Morgan fingerprint density at radius 2 is 2.00 bits per heavy atom. The monoisotopic (exact) mass is 284 g/mol. The van der Waals surface area contributed by atoms with Crippen molar-refractivity contribution in [3.8, 4) is 0 Å². The summed E-state index contributed by atoms with van der Waals surface area (Å²) in [7, 11) is 1.30. The topological polar surface area (TPSA) is 86.0 Å². The molecule has 8 heteroatoms. The molecule has 0 saturated carbocycles. The number of halogens is 3. The van der Waals surface area contributed by atoms with Crippen molar-refractivity contribution in [2.45, 2.75) is 6.18 Å². The lowest BCUT2D eigenvalue weighted by molar-refractivity contribution is -0.137. The highest BCUT2D eigenvalue weighted by Crippen LogP contribution is 2.31. The molecule has 1 aromatic carbocycles. The predicted octanol–water partition coefficient (Wildman–Crippen LogP) is 2.15. The van der Waals surface area contributed by atoms with Crippen LogP contribution in [0, 0.1) is 5.41 Å². The van der Waals surface area contributed by atoms with Crippen molar-refractivity contribution >= 4 is 22.8 Å². The third-order valence-electron chi connectivity index (χ3n) is 2.85. The van der Waals surface area contributed by atoms with E-state index in [1.165, 1.54) is 19.2 Å². The SMILES string of the molecule is CN(C(=N)N)C(=O)c1cc2ccc(C(F)(F)F)cc2[nH]1. The Labute approximate surface area is 111 Å². The van der Waals surface area contributed by atoms with E-state index in [-0.39, 0.29) is 11.2 Å². The number of aromatic amines is 1. The Kier molecular flexibility index (Phi) is 3.16. The molecule has 1 heterocycles. The first-order valence-electron chi connectivity index (χ1n) is 5.52. The van der Waals surface area contributed by atoms with Crippen LogP contribution < -0.4 is 5.73 Å². The number of amides is 1. The van der Waals surface area contributed by atoms with Crippen molar-refractivity contribution in [1.82, 2.24) is 9.88 Å². The minimum atomic E-state index is -4.44. The number of H-pyrrole nitrogens is 1. The van der Waals surface area contributed by atoms with Crippen molar-refractivity contribution in [2.24, 2.45) is 5.73 Å². The number of benzene rings is 1. The number of alkyl halides is 3. The van der Waals surface area contributed by atoms with Crippen LogP contribution in [0.2, 0.25) is 0 Å². The molecule has 0 fully saturated rings. The molecule has 0 aliphatic rings. The number of aromatic nitrogens is 1. The highest BCUT2D eigenvalue weighted by atomic mass is 19.4. The van der Waals surface area contributed by atoms with Gasteiger partial charge in [0.2, 0.25) is 0 Å².